The predicted molar refractivity (Wildman–Crippen MR) is 48.1 cm³/mol. The SMILES string of the molecule is OCN1C=Cc2ccccc2C1. The summed E-state index contributed by atoms with van der Waals surface area (Å²) < 4.78 is 0. The molecular formula is C10H11NO. The average molecular weight is 161 g/mol. The smallest absolute Gasteiger partial charge is 0.115 e. The molecule has 1 aromatic carbocycles. The second-order valence-corrected chi connectivity index (χ2v) is 2.90. The van der Waals surface area contributed by atoms with E-state index in [4.69, 9.17) is 5.11 Å². The average Bonchev–Trinajstić information content (AvgIpc) is 2.17. The van der Waals surface area contributed by atoms with Crippen molar-refractivity contribution in [3.8, 4) is 0 Å². The summed E-state index contributed by atoms with van der Waals surface area (Å²) in [6.45, 7) is 0.897. The van der Waals surface area contributed by atoms with E-state index in [1.54, 1.807) is 0 Å². The molecular weight excluding hydrogens is 150 g/mol. The molecule has 0 saturated carbocycles. The topological polar surface area (TPSA) is 23.5 Å². The van der Waals surface area contributed by atoms with E-state index in [0.717, 1.165) is 6.54 Å². The Labute approximate surface area is 71.7 Å². The van der Waals surface area contributed by atoms with E-state index >= 15 is 0 Å². The zero-order valence-corrected chi connectivity index (χ0v) is 6.77. The Balaban J connectivity index is 2.33. The Morgan fingerprint density at radius 1 is 1.33 bits per heavy atom. The van der Waals surface area contributed by atoms with Crippen LogP contribution in [0.25, 0.3) is 6.08 Å². The number of aliphatic hydroxyl groups is 1. The van der Waals surface area contributed by atoms with Gasteiger partial charge < -0.3 is 10.0 Å². The Kier molecular flexibility index (Phi) is 1.84. The Morgan fingerprint density at radius 3 is 3.00 bits per heavy atom. The molecule has 0 spiro atoms. The second kappa shape index (κ2) is 2.99. The fourth-order valence-electron chi connectivity index (χ4n) is 1.40. The van der Waals surface area contributed by atoms with Gasteiger partial charge in [-0.1, -0.05) is 24.3 Å². The van der Waals surface area contributed by atoms with E-state index < -0.39 is 0 Å². The number of hydrogen-bond donors (Lipinski definition) is 1. The monoisotopic (exact) mass is 161 g/mol. The summed E-state index contributed by atoms with van der Waals surface area (Å²) in [4.78, 5) is 1.86. The van der Waals surface area contributed by atoms with Crippen LogP contribution < -0.4 is 0 Å². The van der Waals surface area contributed by atoms with Gasteiger partial charge in [0.25, 0.3) is 0 Å². The molecule has 0 amide bonds. The van der Waals surface area contributed by atoms with Crippen LogP contribution in [-0.4, -0.2) is 16.7 Å². The van der Waals surface area contributed by atoms with E-state index in [1.807, 2.05) is 29.3 Å². The molecule has 0 radical (unpaired) electrons. The van der Waals surface area contributed by atoms with Gasteiger partial charge in [0.15, 0.2) is 0 Å². The molecule has 1 aliphatic heterocycles. The van der Waals surface area contributed by atoms with Gasteiger partial charge in [0, 0.05) is 12.7 Å². The zero-order chi connectivity index (χ0) is 8.39. The maximum atomic E-state index is 8.89. The number of fused-ring (bicyclic) bond motifs is 1. The lowest BCUT2D eigenvalue weighted by atomic mass is 10.1. The van der Waals surface area contributed by atoms with E-state index in [1.165, 1.54) is 11.1 Å². The first kappa shape index (κ1) is 7.37. The summed E-state index contributed by atoms with van der Waals surface area (Å²) in [5.74, 6) is 0. The minimum absolute atomic E-state index is 0.0881. The third kappa shape index (κ3) is 1.21. The van der Waals surface area contributed by atoms with Gasteiger partial charge in [-0.2, -0.15) is 0 Å². The van der Waals surface area contributed by atoms with Gasteiger partial charge in [-0.25, -0.2) is 0 Å². The molecule has 2 rings (SSSR count). The first-order valence-electron chi connectivity index (χ1n) is 4.01. The number of hydrogen-bond acceptors (Lipinski definition) is 2. The lowest BCUT2D eigenvalue weighted by molar-refractivity contribution is 0.145. The van der Waals surface area contributed by atoms with Crippen LogP contribution in [0.2, 0.25) is 0 Å². The van der Waals surface area contributed by atoms with Gasteiger partial charge in [0.2, 0.25) is 0 Å². The summed E-state index contributed by atoms with van der Waals surface area (Å²) in [7, 11) is 0. The highest BCUT2D eigenvalue weighted by molar-refractivity contribution is 5.55. The number of aliphatic hydroxyl groups excluding tert-OH is 1. The van der Waals surface area contributed by atoms with E-state index in [2.05, 4.69) is 12.1 Å². The van der Waals surface area contributed by atoms with Crippen LogP contribution in [0.5, 0.6) is 0 Å². The molecule has 62 valence electrons. The number of rotatable bonds is 1. The molecule has 0 atom stereocenters. The zero-order valence-electron chi connectivity index (χ0n) is 6.77. The Morgan fingerprint density at radius 2 is 2.17 bits per heavy atom. The lowest BCUT2D eigenvalue weighted by Crippen LogP contribution is -2.20. The van der Waals surface area contributed by atoms with Crippen LogP contribution in [0, 0.1) is 0 Å². The van der Waals surface area contributed by atoms with Gasteiger partial charge >= 0.3 is 0 Å². The van der Waals surface area contributed by atoms with Gasteiger partial charge in [0.1, 0.15) is 6.73 Å². The lowest BCUT2D eigenvalue weighted by Gasteiger charge is -2.22. The first-order chi connectivity index (χ1) is 5.90. The van der Waals surface area contributed by atoms with E-state index in [-0.39, 0.29) is 6.73 Å². The summed E-state index contributed by atoms with van der Waals surface area (Å²) in [5, 5.41) is 8.89. The summed E-state index contributed by atoms with van der Waals surface area (Å²) in [6.07, 6.45) is 3.94. The standard InChI is InChI=1S/C10H11NO/c12-8-11-6-5-9-3-1-2-4-10(9)7-11/h1-6,12H,7-8H2. The number of benzene rings is 1. The van der Waals surface area contributed by atoms with Crippen LogP contribution in [0.1, 0.15) is 11.1 Å². The van der Waals surface area contributed by atoms with Crippen LogP contribution in [0.4, 0.5) is 0 Å². The van der Waals surface area contributed by atoms with Crippen molar-refractivity contribution in [2.45, 2.75) is 6.54 Å². The summed E-state index contributed by atoms with van der Waals surface area (Å²) >= 11 is 0. The molecule has 1 aromatic rings. The van der Waals surface area contributed by atoms with Gasteiger partial charge in [-0.3, -0.25) is 0 Å². The molecule has 12 heavy (non-hydrogen) atoms. The predicted octanol–water partition coefficient (Wildman–Crippen LogP) is 1.42. The van der Waals surface area contributed by atoms with Crippen molar-refractivity contribution in [1.82, 2.24) is 4.90 Å². The molecule has 0 saturated heterocycles. The van der Waals surface area contributed by atoms with E-state index in [9.17, 15) is 0 Å². The van der Waals surface area contributed by atoms with Gasteiger partial charge in [-0.15, -0.1) is 0 Å². The fourth-order valence-corrected chi connectivity index (χ4v) is 1.40. The van der Waals surface area contributed by atoms with Crippen molar-refractivity contribution in [3.63, 3.8) is 0 Å². The minimum Gasteiger partial charge on any atom is -0.376 e. The highest BCUT2D eigenvalue weighted by atomic mass is 16.3. The normalized spacial score (nSPS) is 14.6. The molecule has 1 heterocycles. The van der Waals surface area contributed by atoms with Crippen LogP contribution in [0.3, 0.4) is 0 Å². The van der Waals surface area contributed by atoms with Gasteiger partial charge in [0.05, 0.1) is 0 Å². The van der Waals surface area contributed by atoms with Gasteiger partial charge in [-0.05, 0) is 17.2 Å². The Bertz CT molecular complexity index is 306. The second-order valence-electron chi connectivity index (χ2n) is 2.90. The minimum atomic E-state index is 0.0881. The number of nitrogens with zero attached hydrogens (tertiary/aromatic N) is 1. The summed E-state index contributed by atoms with van der Waals surface area (Å²) in [5.41, 5.74) is 2.52. The van der Waals surface area contributed by atoms with Crippen molar-refractivity contribution in [1.29, 1.82) is 0 Å². The molecule has 1 N–H and O–H groups in total. The summed E-state index contributed by atoms with van der Waals surface area (Å²) in [6, 6.07) is 8.22. The quantitative estimate of drug-likeness (QED) is 0.673. The van der Waals surface area contributed by atoms with Crippen LogP contribution in [-0.2, 0) is 6.54 Å². The third-order valence-electron chi connectivity index (χ3n) is 2.08. The van der Waals surface area contributed by atoms with Crippen molar-refractivity contribution in [3.05, 3.63) is 41.6 Å². The van der Waals surface area contributed by atoms with Crippen LogP contribution >= 0.6 is 0 Å². The third-order valence-corrected chi connectivity index (χ3v) is 2.08. The maximum Gasteiger partial charge on any atom is 0.115 e. The highest BCUT2D eigenvalue weighted by Crippen LogP contribution is 2.18. The molecule has 0 aliphatic carbocycles. The maximum absolute atomic E-state index is 8.89. The van der Waals surface area contributed by atoms with Crippen molar-refractivity contribution < 1.29 is 5.11 Å². The Hall–Kier alpha value is -1.28. The van der Waals surface area contributed by atoms with Crippen molar-refractivity contribution >= 4 is 6.08 Å². The molecule has 0 bridgehead atoms. The molecule has 1 aliphatic rings. The molecule has 0 unspecified atom stereocenters. The largest absolute Gasteiger partial charge is 0.376 e. The molecule has 2 nitrogen and oxygen atoms in total. The van der Waals surface area contributed by atoms with Crippen LogP contribution in [0.15, 0.2) is 30.5 Å². The molecule has 2 heteroatoms. The van der Waals surface area contributed by atoms with Crippen molar-refractivity contribution in [2.24, 2.45) is 0 Å². The first-order valence-corrected chi connectivity index (χ1v) is 4.01. The fraction of sp³-hybridized carbons (Fsp3) is 0.200. The van der Waals surface area contributed by atoms with E-state index in [0.29, 0.717) is 0 Å². The molecule has 0 aromatic heterocycles. The molecule has 0 fully saturated rings. The highest BCUT2D eigenvalue weighted by Gasteiger charge is 2.07. The van der Waals surface area contributed by atoms with Crippen molar-refractivity contribution in [2.75, 3.05) is 6.73 Å².